The van der Waals surface area contributed by atoms with Gasteiger partial charge in [-0.05, 0) is 43.5 Å². The van der Waals surface area contributed by atoms with Crippen LogP contribution in [0.1, 0.15) is 36.2 Å². The zero-order valence-electron chi connectivity index (χ0n) is 14.1. The number of pyridine rings is 2. The average Bonchev–Trinajstić information content (AvgIpc) is 3.01. The Labute approximate surface area is 140 Å². The number of nitrogens with two attached hydrogens (primary N) is 1. The zero-order chi connectivity index (χ0) is 17.3. The highest BCUT2D eigenvalue weighted by Crippen LogP contribution is 2.23. The topological polar surface area (TPSA) is 77.0 Å². The summed E-state index contributed by atoms with van der Waals surface area (Å²) in [5.74, 6) is -0.568. The van der Waals surface area contributed by atoms with Gasteiger partial charge >= 0.3 is 5.97 Å². The fourth-order valence-corrected chi connectivity index (χ4v) is 3.21. The van der Waals surface area contributed by atoms with Crippen LogP contribution in [0.15, 0.2) is 29.2 Å². The number of carbonyl (C=O) groups excluding carboxylic acids is 1. The van der Waals surface area contributed by atoms with Crippen LogP contribution in [0.4, 0.5) is 5.69 Å². The first-order chi connectivity index (χ1) is 11.5. The summed E-state index contributed by atoms with van der Waals surface area (Å²) < 4.78 is 6.53. The molecule has 0 bridgehead atoms. The maximum Gasteiger partial charge on any atom is 0.343 e. The molecule has 0 amide bonds. The highest BCUT2D eigenvalue weighted by atomic mass is 16.5. The molecule has 3 heterocycles. The first-order valence-electron chi connectivity index (χ1n) is 8.41. The third-order valence-corrected chi connectivity index (χ3v) is 4.50. The minimum atomic E-state index is -0.568. The predicted octanol–water partition coefficient (Wildman–Crippen LogP) is 1.58. The van der Waals surface area contributed by atoms with Gasteiger partial charge in [0.25, 0.3) is 5.56 Å². The molecule has 0 saturated carbocycles. The van der Waals surface area contributed by atoms with E-state index in [1.807, 2.05) is 19.1 Å². The van der Waals surface area contributed by atoms with Gasteiger partial charge in [-0.25, -0.2) is 4.79 Å². The molecule has 0 radical (unpaired) electrons. The van der Waals surface area contributed by atoms with Gasteiger partial charge in [0.2, 0.25) is 0 Å². The molecular weight excluding hydrogens is 306 g/mol. The smallest absolute Gasteiger partial charge is 0.343 e. The number of esters is 1. The molecule has 1 fully saturated rings. The van der Waals surface area contributed by atoms with Crippen LogP contribution in [0.3, 0.4) is 0 Å². The number of hydrogen-bond donors (Lipinski definition) is 1. The Morgan fingerprint density at radius 3 is 2.79 bits per heavy atom. The van der Waals surface area contributed by atoms with Gasteiger partial charge in [0.15, 0.2) is 0 Å². The average molecular weight is 329 g/mol. The van der Waals surface area contributed by atoms with Crippen molar-refractivity contribution in [1.82, 2.24) is 4.40 Å². The number of aryl methyl sites for hydroxylation is 1. The third kappa shape index (κ3) is 2.89. The van der Waals surface area contributed by atoms with Crippen LogP contribution in [-0.4, -0.2) is 36.1 Å². The van der Waals surface area contributed by atoms with Crippen molar-refractivity contribution in [2.24, 2.45) is 5.73 Å². The van der Waals surface area contributed by atoms with Gasteiger partial charge in [0.1, 0.15) is 5.56 Å². The normalized spacial score (nSPS) is 17.5. The van der Waals surface area contributed by atoms with Gasteiger partial charge in [0, 0.05) is 31.0 Å². The number of aromatic nitrogens is 1. The van der Waals surface area contributed by atoms with Crippen molar-refractivity contribution in [3.8, 4) is 0 Å². The Bertz CT molecular complexity index is 828. The highest BCUT2D eigenvalue weighted by Gasteiger charge is 2.21. The van der Waals surface area contributed by atoms with Crippen LogP contribution < -0.4 is 16.2 Å². The van der Waals surface area contributed by atoms with Crippen LogP contribution in [0, 0.1) is 0 Å². The van der Waals surface area contributed by atoms with Crippen molar-refractivity contribution in [2.45, 2.75) is 32.7 Å². The fourth-order valence-electron chi connectivity index (χ4n) is 3.21. The van der Waals surface area contributed by atoms with E-state index in [9.17, 15) is 9.59 Å². The molecule has 1 aliphatic rings. The van der Waals surface area contributed by atoms with E-state index >= 15 is 0 Å². The molecule has 2 N–H and O–H groups in total. The van der Waals surface area contributed by atoms with E-state index in [0.717, 1.165) is 42.7 Å². The quantitative estimate of drug-likeness (QED) is 0.862. The van der Waals surface area contributed by atoms with E-state index in [1.54, 1.807) is 19.2 Å². The third-order valence-electron chi connectivity index (χ3n) is 4.50. The Hall–Kier alpha value is -2.34. The molecule has 2 aromatic heterocycles. The number of rotatable bonds is 4. The van der Waals surface area contributed by atoms with Crippen molar-refractivity contribution in [1.29, 1.82) is 0 Å². The Morgan fingerprint density at radius 2 is 2.17 bits per heavy atom. The van der Waals surface area contributed by atoms with Gasteiger partial charge in [-0.1, -0.05) is 6.92 Å². The summed E-state index contributed by atoms with van der Waals surface area (Å²) in [5.41, 5.74) is 8.56. The van der Waals surface area contributed by atoms with Crippen LogP contribution in [0.2, 0.25) is 0 Å². The Balaban J connectivity index is 2.11. The van der Waals surface area contributed by atoms with Gasteiger partial charge in [-0.3, -0.25) is 9.20 Å². The minimum absolute atomic E-state index is 0.0853. The lowest BCUT2D eigenvalue weighted by atomic mass is 10.1. The monoisotopic (exact) mass is 329 g/mol. The lowest BCUT2D eigenvalue weighted by molar-refractivity contribution is 0.0524. The van der Waals surface area contributed by atoms with Crippen LogP contribution in [0.5, 0.6) is 0 Å². The van der Waals surface area contributed by atoms with Crippen molar-refractivity contribution in [3.05, 3.63) is 45.9 Å². The van der Waals surface area contributed by atoms with Crippen molar-refractivity contribution in [2.75, 3.05) is 24.6 Å². The molecular formula is C18H23N3O3. The molecule has 24 heavy (non-hydrogen) atoms. The molecule has 128 valence electrons. The summed E-state index contributed by atoms with van der Waals surface area (Å²) in [5, 5.41) is 0. The summed E-state index contributed by atoms with van der Waals surface area (Å²) >= 11 is 0. The first kappa shape index (κ1) is 16.5. The minimum Gasteiger partial charge on any atom is -0.462 e. The Morgan fingerprint density at radius 1 is 1.38 bits per heavy atom. The number of fused-ring (bicyclic) bond motifs is 1. The number of ether oxygens (including phenoxy) is 1. The molecule has 1 saturated heterocycles. The van der Waals surface area contributed by atoms with Crippen LogP contribution >= 0.6 is 0 Å². The second-order valence-corrected chi connectivity index (χ2v) is 6.10. The lowest BCUT2D eigenvalue weighted by Gasteiger charge is -2.19. The molecule has 6 heteroatoms. The number of anilines is 1. The predicted molar refractivity (Wildman–Crippen MR) is 93.8 cm³/mol. The molecule has 6 nitrogen and oxygen atoms in total. The van der Waals surface area contributed by atoms with E-state index in [1.165, 1.54) is 4.40 Å². The van der Waals surface area contributed by atoms with Gasteiger partial charge < -0.3 is 15.4 Å². The van der Waals surface area contributed by atoms with Crippen molar-refractivity contribution in [3.63, 3.8) is 0 Å². The van der Waals surface area contributed by atoms with Gasteiger partial charge in [0.05, 0.1) is 12.1 Å². The highest BCUT2D eigenvalue weighted by molar-refractivity contribution is 5.90. The molecule has 3 rings (SSSR count). The van der Waals surface area contributed by atoms with E-state index in [2.05, 4.69) is 4.90 Å². The summed E-state index contributed by atoms with van der Waals surface area (Å²) in [6.45, 7) is 5.72. The molecule has 1 aliphatic heterocycles. The second kappa shape index (κ2) is 6.65. The molecule has 0 aliphatic carbocycles. The van der Waals surface area contributed by atoms with E-state index in [-0.39, 0.29) is 23.8 Å². The summed E-state index contributed by atoms with van der Waals surface area (Å²) in [6.07, 6.45) is 3.43. The van der Waals surface area contributed by atoms with E-state index < -0.39 is 5.97 Å². The molecule has 2 aromatic rings. The summed E-state index contributed by atoms with van der Waals surface area (Å²) in [4.78, 5) is 26.9. The number of nitrogens with zero attached hydrogens (tertiary/aromatic N) is 2. The van der Waals surface area contributed by atoms with Crippen LogP contribution in [0.25, 0.3) is 5.52 Å². The largest absolute Gasteiger partial charge is 0.462 e. The zero-order valence-corrected chi connectivity index (χ0v) is 14.1. The SMILES string of the molecule is CCOC(=O)c1cc(CC)c2cc(N3CCC(N)C3)ccn2c1=O. The fraction of sp³-hybridized carbons (Fsp3) is 0.444. The van der Waals surface area contributed by atoms with Crippen molar-refractivity contribution < 1.29 is 9.53 Å². The van der Waals surface area contributed by atoms with E-state index in [0.29, 0.717) is 0 Å². The van der Waals surface area contributed by atoms with Gasteiger partial charge in [-0.15, -0.1) is 0 Å². The van der Waals surface area contributed by atoms with Crippen molar-refractivity contribution >= 4 is 17.2 Å². The molecule has 0 spiro atoms. The van der Waals surface area contributed by atoms with Gasteiger partial charge in [-0.2, -0.15) is 0 Å². The standard InChI is InChI=1S/C18H23N3O3/c1-3-12-9-15(18(23)24-4-2)17(22)21-8-6-14(10-16(12)21)20-7-5-13(19)11-20/h6,8-10,13H,3-5,7,11,19H2,1-2H3. The Kier molecular flexibility index (Phi) is 4.57. The number of hydrogen-bond acceptors (Lipinski definition) is 5. The maximum atomic E-state index is 12.6. The summed E-state index contributed by atoms with van der Waals surface area (Å²) in [7, 11) is 0. The maximum absolute atomic E-state index is 12.6. The molecule has 1 atom stereocenters. The lowest BCUT2D eigenvalue weighted by Crippen LogP contribution is -2.27. The van der Waals surface area contributed by atoms with Crippen LogP contribution in [-0.2, 0) is 11.2 Å². The van der Waals surface area contributed by atoms with E-state index in [4.69, 9.17) is 10.5 Å². The molecule has 0 aromatic carbocycles. The second-order valence-electron chi connectivity index (χ2n) is 6.10. The summed E-state index contributed by atoms with van der Waals surface area (Å²) in [6, 6.07) is 5.77. The first-order valence-corrected chi connectivity index (χ1v) is 8.41. The molecule has 1 unspecified atom stereocenters. The number of carbonyl (C=O) groups is 1.